The van der Waals surface area contributed by atoms with Crippen molar-refractivity contribution in [3.05, 3.63) is 68.9 Å². The smallest absolute Gasteiger partial charge is 0.331 e. The van der Waals surface area contributed by atoms with Crippen LogP contribution >= 0.6 is 0 Å². The van der Waals surface area contributed by atoms with E-state index < -0.39 is 23.2 Å². The quantitative estimate of drug-likeness (QED) is 0.716. The van der Waals surface area contributed by atoms with E-state index >= 15 is 0 Å². The summed E-state index contributed by atoms with van der Waals surface area (Å²) in [5, 5.41) is 16.1. The second-order valence-electron chi connectivity index (χ2n) is 6.49. The highest BCUT2D eigenvalue weighted by Gasteiger charge is 2.34. The number of ether oxygens (including phenoxy) is 1. The molecule has 0 radical (unpaired) electrons. The number of hydrazone groups is 1. The zero-order valence-electron chi connectivity index (χ0n) is 16.2. The van der Waals surface area contributed by atoms with Crippen LogP contribution in [0.3, 0.4) is 0 Å². The van der Waals surface area contributed by atoms with Gasteiger partial charge in [0.1, 0.15) is 11.3 Å². The van der Waals surface area contributed by atoms with Crippen LogP contribution in [0.1, 0.15) is 37.4 Å². The van der Waals surface area contributed by atoms with E-state index in [0.717, 1.165) is 10.1 Å². The molecule has 0 saturated carbocycles. The maximum absolute atomic E-state index is 12.4. The number of carbonyl (C=O) groups is 1. The Kier molecular flexibility index (Phi) is 5.67. The number of aromatic amines is 1. The molecule has 1 amide bonds. The van der Waals surface area contributed by atoms with Crippen LogP contribution in [0.25, 0.3) is 0 Å². The summed E-state index contributed by atoms with van der Waals surface area (Å²) in [6.07, 6.45) is 1.63. The number of rotatable bonds is 6. The van der Waals surface area contributed by atoms with E-state index in [-0.39, 0.29) is 30.1 Å². The molecule has 1 aliphatic heterocycles. The van der Waals surface area contributed by atoms with E-state index in [1.165, 1.54) is 18.0 Å². The molecule has 0 saturated heterocycles. The van der Waals surface area contributed by atoms with Gasteiger partial charge in [0.25, 0.3) is 5.56 Å². The highest BCUT2D eigenvalue weighted by atomic mass is 16.5. The summed E-state index contributed by atoms with van der Waals surface area (Å²) in [6.45, 7) is 7.35. The average Bonchev–Trinajstić information content (AvgIpc) is 3.11. The largest absolute Gasteiger partial charge is 0.494 e. The van der Waals surface area contributed by atoms with Crippen LogP contribution in [0.4, 0.5) is 0 Å². The first-order valence-electron chi connectivity index (χ1n) is 9.14. The Morgan fingerprint density at radius 3 is 2.66 bits per heavy atom. The highest BCUT2D eigenvalue weighted by Crippen LogP contribution is 2.34. The molecular weight excluding hydrogens is 376 g/mol. The van der Waals surface area contributed by atoms with Gasteiger partial charge < -0.3 is 9.84 Å². The fraction of sp³-hybridized carbons (Fsp3) is 0.300. The van der Waals surface area contributed by atoms with Crippen molar-refractivity contribution in [1.29, 1.82) is 0 Å². The molecule has 29 heavy (non-hydrogen) atoms. The Morgan fingerprint density at radius 1 is 1.38 bits per heavy atom. The molecule has 0 bridgehead atoms. The molecule has 9 heteroatoms. The van der Waals surface area contributed by atoms with Gasteiger partial charge in [0, 0.05) is 19.9 Å². The number of carbonyl (C=O) groups excluding carboxylic acids is 1. The van der Waals surface area contributed by atoms with E-state index in [2.05, 4.69) is 16.7 Å². The van der Waals surface area contributed by atoms with Gasteiger partial charge in [0.2, 0.25) is 11.8 Å². The molecule has 1 aliphatic rings. The lowest BCUT2D eigenvalue weighted by Crippen LogP contribution is -2.33. The number of aromatic nitrogens is 2. The average molecular weight is 398 g/mol. The van der Waals surface area contributed by atoms with Gasteiger partial charge in [-0.1, -0.05) is 18.2 Å². The lowest BCUT2D eigenvalue weighted by atomic mass is 9.99. The Labute approximate surface area is 166 Å². The first kappa shape index (κ1) is 20.1. The van der Waals surface area contributed by atoms with Crippen LogP contribution in [0, 0.1) is 0 Å². The number of allylic oxidation sites excluding steroid dienone is 1. The monoisotopic (exact) mass is 398 g/mol. The fourth-order valence-electron chi connectivity index (χ4n) is 3.28. The number of hydrogen-bond acceptors (Lipinski definition) is 6. The van der Waals surface area contributed by atoms with Crippen LogP contribution in [0.5, 0.6) is 11.6 Å². The zero-order valence-corrected chi connectivity index (χ0v) is 16.2. The van der Waals surface area contributed by atoms with Crippen LogP contribution < -0.4 is 16.0 Å². The highest BCUT2D eigenvalue weighted by molar-refractivity contribution is 6.04. The molecule has 3 rings (SSSR count). The lowest BCUT2D eigenvalue weighted by Gasteiger charge is -2.20. The van der Waals surface area contributed by atoms with Crippen molar-refractivity contribution in [2.45, 2.75) is 32.9 Å². The molecule has 1 aromatic heterocycles. The predicted molar refractivity (Wildman–Crippen MR) is 107 cm³/mol. The number of nitrogens with one attached hydrogen (secondary N) is 1. The van der Waals surface area contributed by atoms with Crippen molar-refractivity contribution in [3.63, 3.8) is 0 Å². The van der Waals surface area contributed by atoms with Crippen molar-refractivity contribution in [3.8, 4) is 11.6 Å². The molecule has 9 nitrogen and oxygen atoms in total. The summed E-state index contributed by atoms with van der Waals surface area (Å²) in [5.41, 5.74) is -0.622. The summed E-state index contributed by atoms with van der Waals surface area (Å²) in [5.74, 6) is -0.113. The third-order valence-corrected chi connectivity index (χ3v) is 4.58. The van der Waals surface area contributed by atoms with Gasteiger partial charge in [-0.3, -0.25) is 19.1 Å². The molecule has 1 aromatic carbocycles. The Bertz CT molecular complexity index is 1080. The van der Waals surface area contributed by atoms with Gasteiger partial charge in [-0.05, 0) is 24.6 Å². The maximum Gasteiger partial charge on any atom is 0.331 e. The van der Waals surface area contributed by atoms with Gasteiger partial charge in [-0.15, -0.1) is 6.58 Å². The summed E-state index contributed by atoms with van der Waals surface area (Å²) in [7, 11) is 0. The van der Waals surface area contributed by atoms with Gasteiger partial charge in [-0.2, -0.15) is 5.10 Å². The van der Waals surface area contributed by atoms with Crippen molar-refractivity contribution in [2.75, 3.05) is 6.61 Å². The third kappa shape index (κ3) is 3.84. The number of amides is 1. The molecule has 2 heterocycles. The topological polar surface area (TPSA) is 117 Å². The molecular formula is C20H22N4O5. The number of hydrogen-bond donors (Lipinski definition) is 2. The van der Waals surface area contributed by atoms with Crippen LogP contribution in [-0.4, -0.2) is 37.9 Å². The van der Waals surface area contributed by atoms with E-state index in [1.807, 2.05) is 19.1 Å². The Morgan fingerprint density at radius 2 is 2.07 bits per heavy atom. The SMILES string of the molecule is C=CCn1c(O)c(C2=NN(C(C)=O)C(c3ccc(OCC)cc3)C2)c(=O)[nH]c1=O. The minimum absolute atomic E-state index is 0.0144. The summed E-state index contributed by atoms with van der Waals surface area (Å²) in [6, 6.07) is 6.80. The molecule has 2 aromatic rings. The van der Waals surface area contributed by atoms with E-state index in [4.69, 9.17) is 4.74 Å². The van der Waals surface area contributed by atoms with Crippen molar-refractivity contribution >= 4 is 11.6 Å². The maximum atomic E-state index is 12.4. The van der Waals surface area contributed by atoms with Crippen molar-refractivity contribution in [1.82, 2.24) is 14.6 Å². The predicted octanol–water partition coefficient (Wildman–Crippen LogP) is 1.52. The summed E-state index contributed by atoms with van der Waals surface area (Å²) < 4.78 is 6.42. The zero-order chi connectivity index (χ0) is 21.1. The van der Waals surface area contributed by atoms with Crippen molar-refractivity contribution in [2.24, 2.45) is 5.10 Å². The molecule has 0 aliphatic carbocycles. The van der Waals surface area contributed by atoms with Crippen LogP contribution in [0.2, 0.25) is 0 Å². The number of nitrogens with zero attached hydrogens (tertiary/aromatic N) is 3. The molecule has 0 fully saturated rings. The standard InChI is InChI=1S/C20H22N4O5/c1-4-10-23-19(27)17(18(26)21-20(23)28)15-11-16(24(22-15)12(3)25)13-6-8-14(9-7-13)29-5-2/h4,6-9,16,27H,1,5,10-11H2,2-3H3,(H,21,26,28). The first-order valence-corrected chi connectivity index (χ1v) is 9.14. The summed E-state index contributed by atoms with van der Waals surface area (Å²) >= 11 is 0. The molecule has 1 unspecified atom stereocenters. The third-order valence-electron chi connectivity index (χ3n) is 4.58. The Hall–Kier alpha value is -3.62. The van der Waals surface area contributed by atoms with Gasteiger partial charge in [0.15, 0.2) is 0 Å². The Balaban J connectivity index is 2.02. The molecule has 152 valence electrons. The van der Waals surface area contributed by atoms with Crippen LogP contribution in [-0.2, 0) is 11.3 Å². The van der Waals surface area contributed by atoms with Gasteiger partial charge in [-0.25, -0.2) is 9.80 Å². The van der Waals surface area contributed by atoms with E-state index in [9.17, 15) is 19.5 Å². The number of benzene rings is 1. The van der Waals surface area contributed by atoms with Crippen molar-refractivity contribution < 1.29 is 14.6 Å². The molecule has 0 spiro atoms. The number of aromatic hydroxyl groups is 1. The van der Waals surface area contributed by atoms with E-state index in [1.54, 1.807) is 12.1 Å². The molecule has 2 N–H and O–H groups in total. The number of H-pyrrole nitrogens is 1. The first-order chi connectivity index (χ1) is 13.9. The second kappa shape index (κ2) is 8.17. The summed E-state index contributed by atoms with van der Waals surface area (Å²) in [4.78, 5) is 38.6. The van der Waals surface area contributed by atoms with Crippen LogP contribution in [0.15, 0.2) is 51.6 Å². The molecule has 1 atom stereocenters. The minimum atomic E-state index is -0.762. The van der Waals surface area contributed by atoms with E-state index in [0.29, 0.717) is 12.4 Å². The lowest BCUT2D eigenvalue weighted by molar-refractivity contribution is -0.130. The second-order valence-corrected chi connectivity index (χ2v) is 6.49. The van der Waals surface area contributed by atoms with Gasteiger partial charge in [0.05, 0.1) is 18.4 Å². The normalized spacial score (nSPS) is 15.9. The minimum Gasteiger partial charge on any atom is -0.494 e. The fourth-order valence-corrected chi connectivity index (χ4v) is 3.28. The van der Waals surface area contributed by atoms with Gasteiger partial charge >= 0.3 is 5.69 Å².